The number of carbonyl (C=O) groups is 2. The molecule has 1 aromatic rings. The Bertz CT molecular complexity index is 326. The van der Waals surface area contributed by atoms with Crippen molar-refractivity contribution >= 4 is 12.3 Å². The van der Waals surface area contributed by atoms with Gasteiger partial charge in [0, 0.05) is 12.4 Å². The first kappa shape index (κ1) is 13.0. The van der Waals surface area contributed by atoms with E-state index >= 15 is 0 Å². The van der Waals surface area contributed by atoms with Gasteiger partial charge in [0.15, 0.2) is 12.1 Å². The molecule has 0 aliphatic heterocycles. The highest BCUT2D eigenvalue weighted by molar-refractivity contribution is 5.73. The molecular weight excluding hydrogens is 217 g/mol. The van der Waals surface area contributed by atoms with Gasteiger partial charge in [-0.25, -0.2) is 14.8 Å². The summed E-state index contributed by atoms with van der Waals surface area (Å²) in [5.74, 6) is -2.53. The maximum absolute atomic E-state index is 10.6. The molecule has 1 rings (SSSR count). The molecule has 15 heavy (non-hydrogen) atoms. The number of aldehydes is 1. The van der Waals surface area contributed by atoms with E-state index in [1.807, 2.05) is 0 Å². The number of carboxylic acid groups (broad SMARTS) is 1. The van der Waals surface area contributed by atoms with E-state index in [4.69, 9.17) is 9.90 Å². The second-order valence-corrected chi connectivity index (χ2v) is 2.03. The predicted molar refractivity (Wildman–Crippen MR) is 41.1 cm³/mol. The highest BCUT2D eigenvalue weighted by Gasteiger charge is 2.38. The van der Waals surface area contributed by atoms with Crippen LogP contribution in [0.1, 0.15) is 10.6 Å². The van der Waals surface area contributed by atoms with Crippen molar-refractivity contribution in [1.29, 1.82) is 0 Å². The van der Waals surface area contributed by atoms with Gasteiger partial charge in [-0.1, -0.05) is 0 Å². The van der Waals surface area contributed by atoms with Crippen molar-refractivity contribution in [2.24, 2.45) is 0 Å². The number of carbonyl (C=O) groups excluding carboxylic acids is 1. The third-order valence-electron chi connectivity index (χ3n) is 0.934. The molecule has 1 heterocycles. The van der Waals surface area contributed by atoms with Crippen LogP contribution in [0.4, 0.5) is 13.2 Å². The minimum Gasteiger partial charge on any atom is -0.475 e. The Morgan fingerprint density at radius 2 is 1.73 bits per heavy atom. The average Bonchev–Trinajstić information content (AvgIpc) is 2.18. The van der Waals surface area contributed by atoms with Gasteiger partial charge in [0.1, 0.15) is 0 Å². The van der Waals surface area contributed by atoms with Gasteiger partial charge in [-0.15, -0.1) is 0 Å². The van der Waals surface area contributed by atoms with Crippen LogP contribution in [-0.4, -0.2) is 33.5 Å². The van der Waals surface area contributed by atoms with Crippen LogP contribution in [-0.2, 0) is 4.79 Å². The first-order valence-corrected chi connectivity index (χ1v) is 3.40. The molecule has 0 amide bonds. The molecule has 0 aliphatic carbocycles. The van der Waals surface area contributed by atoms with Gasteiger partial charge in [0.05, 0.1) is 0 Å². The van der Waals surface area contributed by atoms with Crippen LogP contribution in [0.3, 0.4) is 0 Å². The van der Waals surface area contributed by atoms with E-state index in [1.165, 1.54) is 12.4 Å². The van der Waals surface area contributed by atoms with Crippen LogP contribution in [0.15, 0.2) is 18.5 Å². The summed E-state index contributed by atoms with van der Waals surface area (Å²) >= 11 is 0. The number of aromatic nitrogens is 2. The minimum atomic E-state index is -5.08. The third kappa shape index (κ3) is 6.13. The first-order valence-electron chi connectivity index (χ1n) is 3.40. The maximum atomic E-state index is 10.6. The quantitative estimate of drug-likeness (QED) is 0.714. The Balaban J connectivity index is 0.000000265. The molecule has 82 valence electrons. The van der Waals surface area contributed by atoms with Gasteiger partial charge >= 0.3 is 12.1 Å². The molecule has 0 bridgehead atoms. The Labute approximate surface area is 81.6 Å². The van der Waals surface area contributed by atoms with E-state index < -0.39 is 12.1 Å². The van der Waals surface area contributed by atoms with Crippen molar-refractivity contribution in [2.75, 3.05) is 0 Å². The van der Waals surface area contributed by atoms with Crippen molar-refractivity contribution < 1.29 is 27.9 Å². The minimum absolute atomic E-state index is 0.229. The molecule has 0 unspecified atom stereocenters. The van der Waals surface area contributed by atoms with Crippen molar-refractivity contribution in [1.82, 2.24) is 9.97 Å². The SMILES string of the molecule is O=C(O)C(F)(F)F.O=Cc1ncccn1. The second-order valence-electron chi connectivity index (χ2n) is 2.03. The second kappa shape index (κ2) is 5.68. The lowest BCUT2D eigenvalue weighted by Crippen LogP contribution is -2.21. The van der Waals surface area contributed by atoms with Crippen LogP contribution < -0.4 is 0 Å². The molecular formula is C7H5F3N2O3. The molecule has 0 saturated heterocycles. The lowest BCUT2D eigenvalue weighted by molar-refractivity contribution is -0.192. The molecule has 0 atom stereocenters. The summed E-state index contributed by atoms with van der Waals surface area (Å²) in [6.07, 6.45) is -1.42. The van der Waals surface area contributed by atoms with Gasteiger partial charge in [-0.3, -0.25) is 4.79 Å². The normalized spacial score (nSPS) is 9.80. The molecule has 5 nitrogen and oxygen atoms in total. The highest BCUT2D eigenvalue weighted by Crippen LogP contribution is 2.13. The third-order valence-corrected chi connectivity index (χ3v) is 0.934. The van der Waals surface area contributed by atoms with Crippen molar-refractivity contribution in [3.8, 4) is 0 Å². The van der Waals surface area contributed by atoms with Crippen molar-refractivity contribution in [3.63, 3.8) is 0 Å². The van der Waals surface area contributed by atoms with Crippen molar-refractivity contribution in [3.05, 3.63) is 24.3 Å². The summed E-state index contributed by atoms with van der Waals surface area (Å²) in [7, 11) is 0. The largest absolute Gasteiger partial charge is 0.490 e. The monoisotopic (exact) mass is 222 g/mol. The number of alkyl halides is 3. The zero-order valence-electron chi connectivity index (χ0n) is 7.10. The van der Waals surface area contributed by atoms with Gasteiger partial charge in [0.2, 0.25) is 0 Å². The molecule has 0 fully saturated rings. The summed E-state index contributed by atoms with van der Waals surface area (Å²) in [6, 6.07) is 1.66. The van der Waals surface area contributed by atoms with Crippen LogP contribution in [0, 0.1) is 0 Å². The number of rotatable bonds is 1. The zero-order valence-corrected chi connectivity index (χ0v) is 7.10. The first-order chi connectivity index (χ1) is 6.88. The molecule has 1 N–H and O–H groups in total. The Morgan fingerprint density at radius 1 is 1.33 bits per heavy atom. The van der Waals surface area contributed by atoms with E-state index in [1.54, 1.807) is 6.07 Å². The number of hydrogen-bond donors (Lipinski definition) is 1. The summed E-state index contributed by atoms with van der Waals surface area (Å²) in [6.45, 7) is 0. The molecule has 8 heteroatoms. The molecule has 0 radical (unpaired) electrons. The topological polar surface area (TPSA) is 80.1 Å². The van der Waals surface area contributed by atoms with E-state index in [-0.39, 0.29) is 5.82 Å². The average molecular weight is 222 g/mol. The fourth-order valence-electron chi connectivity index (χ4n) is 0.371. The van der Waals surface area contributed by atoms with Gasteiger partial charge in [0.25, 0.3) is 0 Å². The summed E-state index contributed by atoms with van der Waals surface area (Å²) in [5, 5.41) is 7.12. The van der Waals surface area contributed by atoms with Crippen molar-refractivity contribution in [2.45, 2.75) is 6.18 Å². The van der Waals surface area contributed by atoms with Crippen LogP contribution in [0.25, 0.3) is 0 Å². The smallest absolute Gasteiger partial charge is 0.475 e. The van der Waals surface area contributed by atoms with E-state index in [9.17, 15) is 18.0 Å². The predicted octanol–water partition coefficient (Wildman–Crippen LogP) is 0.922. The Morgan fingerprint density at radius 3 is 1.93 bits per heavy atom. The number of nitrogens with zero attached hydrogens (tertiary/aromatic N) is 2. The zero-order chi connectivity index (χ0) is 11.9. The lowest BCUT2D eigenvalue weighted by Gasteiger charge is -1.93. The van der Waals surface area contributed by atoms with Gasteiger partial charge < -0.3 is 5.11 Å². The molecule has 0 aliphatic rings. The lowest BCUT2D eigenvalue weighted by atomic mass is 10.6. The molecule has 0 saturated carbocycles. The van der Waals surface area contributed by atoms with E-state index in [2.05, 4.69) is 9.97 Å². The molecule has 0 spiro atoms. The number of aliphatic carboxylic acids is 1. The molecule has 1 aromatic heterocycles. The van der Waals surface area contributed by atoms with E-state index in [0.717, 1.165) is 0 Å². The molecule has 0 aromatic carbocycles. The van der Waals surface area contributed by atoms with Crippen LogP contribution in [0.2, 0.25) is 0 Å². The van der Waals surface area contributed by atoms with Gasteiger partial charge in [-0.05, 0) is 6.07 Å². The highest BCUT2D eigenvalue weighted by atomic mass is 19.4. The van der Waals surface area contributed by atoms with Gasteiger partial charge in [-0.2, -0.15) is 13.2 Å². The summed E-state index contributed by atoms with van der Waals surface area (Å²) in [4.78, 5) is 26.0. The number of hydrogen-bond acceptors (Lipinski definition) is 4. The fraction of sp³-hybridized carbons (Fsp3) is 0.143. The van der Waals surface area contributed by atoms with Crippen LogP contribution >= 0.6 is 0 Å². The Kier molecular flexibility index (Phi) is 4.93. The Hall–Kier alpha value is -1.99. The van der Waals surface area contributed by atoms with E-state index in [0.29, 0.717) is 6.29 Å². The fourth-order valence-corrected chi connectivity index (χ4v) is 0.371. The summed E-state index contributed by atoms with van der Waals surface area (Å²) in [5.41, 5.74) is 0. The number of halogens is 3. The standard InChI is InChI=1S/C5H4N2O.C2HF3O2/c8-4-5-6-2-1-3-7-5;3-2(4,5)1(6)7/h1-4H;(H,6,7). The summed E-state index contributed by atoms with van der Waals surface area (Å²) < 4.78 is 31.7. The maximum Gasteiger partial charge on any atom is 0.490 e. The van der Waals surface area contributed by atoms with Crippen LogP contribution in [0.5, 0.6) is 0 Å². The number of carboxylic acids is 1.